The van der Waals surface area contributed by atoms with Crippen molar-refractivity contribution >= 4 is 12.1 Å². The van der Waals surface area contributed by atoms with Gasteiger partial charge in [0, 0.05) is 18.8 Å². The predicted molar refractivity (Wildman–Crippen MR) is 66.9 cm³/mol. The molecule has 0 spiro atoms. The molecule has 0 saturated heterocycles. The van der Waals surface area contributed by atoms with Gasteiger partial charge in [-0.25, -0.2) is 5.43 Å². The van der Waals surface area contributed by atoms with Gasteiger partial charge in [-0.3, -0.25) is 4.79 Å². The largest absolute Gasteiger partial charge is 0.350 e. The molecule has 4 heteroatoms. The van der Waals surface area contributed by atoms with Gasteiger partial charge in [0.15, 0.2) is 0 Å². The number of rotatable bonds is 3. The predicted octanol–water partition coefficient (Wildman–Crippen LogP) is 1.79. The quantitative estimate of drug-likeness (QED) is 0.630. The summed E-state index contributed by atoms with van der Waals surface area (Å²) in [5.41, 5.74) is 4.00. The van der Waals surface area contributed by atoms with Crippen molar-refractivity contribution in [1.82, 2.24) is 9.99 Å². The summed E-state index contributed by atoms with van der Waals surface area (Å²) in [6, 6.07) is 12.8. The zero-order valence-corrected chi connectivity index (χ0v) is 9.50. The molecule has 86 valence electrons. The lowest BCUT2D eigenvalue weighted by Crippen LogP contribution is -2.17. The Morgan fingerprint density at radius 3 is 2.65 bits per heavy atom. The Kier molecular flexibility index (Phi) is 3.35. The average molecular weight is 227 g/mol. The Morgan fingerprint density at radius 1 is 1.24 bits per heavy atom. The number of carbonyl (C=O) groups excluding carboxylic acids is 1. The molecule has 0 aliphatic heterocycles. The summed E-state index contributed by atoms with van der Waals surface area (Å²) >= 11 is 0. The molecule has 0 atom stereocenters. The van der Waals surface area contributed by atoms with Crippen molar-refractivity contribution in [2.24, 2.45) is 12.1 Å². The van der Waals surface area contributed by atoms with Gasteiger partial charge >= 0.3 is 0 Å². The Balaban J connectivity index is 1.97. The van der Waals surface area contributed by atoms with Crippen LogP contribution < -0.4 is 5.43 Å². The van der Waals surface area contributed by atoms with Crippen LogP contribution in [0.3, 0.4) is 0 Å². The zero-order chi connectivity index (χ0) is 12.1. The molecule has 0 unspecified atom stereocenters. The number of nitrogens with one attached hydrogen (secondary N) is 1. The lowest BCUT2D eigenvalue weighted by Gasteiger charge is -1.99. The molecule has 1 N–H and O–H groups in total. The first-order valence-corrected chi connectivity index (χ1v) is 5.27. The summed E-state index contributed by atoms with van der Waals surface area (Å²) < 4.78 is 1.91. The molecule has 0 bridgehead atoms. The first-order chi connectivity index (χ1) is 8.27. The summed E-state index contributed by atoms with van der Waals surface area (Å²) in [7, 11) is 1.92. The normalized spacial score (nSPS) is 10.6. The van der Waals surface area contributed by atoms with Crippen molar-refractivity contribution in [3.63, 3.8) is 0 Å². The van der Waals surface area contributed by atoms with Crippen molar-refractivity contribution < 1.29 is 4.79 Å². The molecule has 1 heterocycles. The van der Waals surface area contributed by atoms with Gasteiger partial charge in [-0.2, -0.15) is 5.10 Å². The second-order valence-electron chi connectivity index (χ2n) is 3.61. The lowest BCUT2D eigenvalue weighted by molar-refractivity contribution is 0.0955. The molecule has 1 aromatic carbocycles. The Hall–Kier alpha value is -2.36. The van der Waals surface area contributed by atoms with Crippen LogP contribution in [0.25, 0.3) is 0 Å². The van der Waals surface area contributed by atoms with Crippen LogP contribution in [0.2, 0.25) is 0 Å². The third kappa shape index (κ3) is 2.81. The highest BCUT2D eigenvalue weighted by atomic mass is 16.2. The van der Waals surface area contributed by atoms with Crippen molar-refractivity contribution in [2.75, 3.05) is 0 Å². The summed E-state index contributed by atoms with van der Waals surface area (Å²) in [6.45, 7) is 0. The van der Waals surface area contributed by atoms with Crippen LogP contribution in [-0.2, 0) is 7.05 Å². The van der Waals surface area contributed by atoms with Gasteiger partial charge in [-0.05, 0) is 24.3 Å². The maximum absolute atomic E-state index is 11.6. The molecular formula is C13H13N3O. The minimum absolute atomic E-state index is 0.212. The summed E-state index contributed by atoms with van der Waals surface area (Å²) in [4.78, 5) is 11.6. The van der Waals surface area contributed by atoms with Crippen LogP contribution in [0.5, 0.6) is 0 Å². The number of hydrogen-bond acceptors (Lipinski definition) is 2. The fourth-order valence-corrected chi connectivity index (χ4v) is 1.42. The van der Waals surface area contributed by atoms with Gasteiger partial charge in [0.2, 0.25) is 0 Å². The van der Waals surface area contributed by atoms with Crippen LogP contribution in [0, 0.1) is 0 Å². The SMILES string of the molecule is Cn1cccc1C=NNC(=O)c1ccccc1. The van der Waals surface area contributed by atoms with E-state index >= 15 is 0 Å². The number of hydrazone groups is 1. The van der Waals surface area contributed by atoms with Gasteiger partial charge in [0.05, 0.1) is 11.9 Å². The number of hydrogen-bond donors (Lipinski definition) is 1. The van der Waals surface area contributed by atoms with Gasteiger partial charge in [-0.1, -0.05) is 18.2 Å². The molecule has 0 radical (unpaired) electrons. The molecular weight excluding hydrogens is 214 g/mol. The second-order valence-corrected chi connectivity index (χ2v) is 3.61. The third-order valence-corrected chi connectivity index (χ3v) is 2.38. The Bertz CT molecular complexity index is 529. The van der Waals surface area contributed by atoms with Crippen LogP contribution >= 0.6 is 0 Å². The van der Waals surface area contributed by atoms with Crippen LogP contribution in [0.15, 0.2) is 53.8 Å². The molecule has 0 aliphatic carbocycles. The molecule has 2 rings (SSSR count). The van der Waals surface area contributed by atoms with Crippen molar-refractivity contribution in [2.45, 2.75) is 0 Å². The van der Waals surface area contributed by atoms with E-state index in [2.05, 4.69) is 10.5 Å². The molecule has 1 aromatic heterocycles. The number of aryl methyl sites for hydroxylation is 1. The number of carbonyl (C=O) groups is 1. The molecule has 0 aliphatic rings. The number of benzene rings is 1. The molecule has 2 aromatic rings. The average Bonchev–Trinajstić information content (AvgIpc) is 2.76. The Morgan fingerprint density at radius 2 is 2.00 bits per heavy atom. The minimum Gasteiger partial charge on any atom is -0.350 e. The summed E-state index contributed by atoms with van der Waals surface area (Å²) in [5.74, 6) is -0.212. The highest BCUT2D eigenvalue weighted by Crippen LogP contribution is 1.98. The van der Waals surface area contributed by atoms with Crippen LogP contribution in [0.1, 0.15) is 16.1 Å². The van der Waals surface area contributed by atoms with E-state index in [1.165, 1.54) is 0 Å². The highest BCUT2D eigenvalue weighted by Gasteiger charge is 2.01. The van der Waals surface area contributed by atoms with E-state index in [0.29, 0.717) is 5.56 Å². The summed E-state index contributed by atoms with van der Waals surface area (Å²) in [6.07, 6.45) is 3.53. The minimum atomic E-state index is -0.212. The first kappa shape index (κ1) is 11.1. The summed E-state index contributed by atoms with van der Waals surface area (Å²) in [5, 5.41) is 3.91. The van der Waals surface area contributed by atoms with Crippen molar-refractivity contribution in [3.05, 3.63) is 59.9 Å². The first-order valence-electron chi connectivity index (χ1n) is 5.27. The van der Waals surface area contributed by atoms with E-state index < -0.39 is 0 Å². The van der Waals surface area contributed by atoms with E-state index in [-0.39, 0.29) is 5.91 Å². The Labute approximate surface area is 99.6 Å². The van der Waals surface area contributed by atoms with Gasteiger partial charge < -0.3 is 4.57 Å². The maximum Gasteiger partial charge on any atom is 0.271 e. The molecule has 1 amide bonds. The van der Waals surface area contributed by atoms with E-state index in [9.17, 15) is 4.79 Å². The fraction of sp³-hybridized carbons (Fsp3) is 0.0769. The number of amides is 1. The van der Waals surface area contributed by atoms with Crippen LogP contribution in [-0.4, -0.2) is 16.7 Å². The van der Waals surface area contributed by atoms with Crippen LogP contribution in [0.4, 0.5) is 0 Å². The van der Waals surface area contributed by atoms with E-state index in [1.807, 2.05) is 48.1 Å². The van der Waals surface area contributed by atoms with E-state index in [4.69, 9.17) is 0 Å². The standard InChI is InChI=1S/C13H13N3O/c1-16-9-5-8-12(16)10-14-15-13(17)11-6-3-2-4-7-11/h2-10H,1H3,(H,15,17). The maximum atomic E-state index is 11.6. The number of aromatic nitrogens is 1. The van der Waals surface area contributed by atoms with Crippen molar-refractivity contribution in [3.8, 4) is 0 Å². The molecule has 0 fully saturated rings. The zero-order valence-electron chi connectivity index (χ0n) is 9.50. The van der Waals surface area contributed by atoms with E-state index in [1.54, 1.807) is 18.3 Å². The van der Waals surface area contributed by atoms with Gasteiger partial charge in [0.25, 0.3) is 5.91 Å². The topological polar surface area (TPSA) is 46.4 Å². The highest BCUT2D eigenvalue weighted by molar-refractivity contribution is 5.94. The molecule has 17 heavy (non-hydrogen) atoms. The van der Waals surface area contributed by atoms with Crippen molar-refractivity contribution in [1.29, 1.82) is 0 Å². The molecule has 4 nitrogen and oxygen atoms in total. The van der Waals surface area contributed by atoms with Gasteiger partial charge in [-0.15, -0.1) is 0 Å². The fourth-order valence-electron chi connectivity index (χ4n) is 1.42. The monoisotopic (exact) mass is 227 g/mol. The molecule has 0 saturated carbocycles. The third-order valence-electron chi connectivity index (χ3n) is 2.38. The second kappa shape index (κ2) is 5.12. The lowest BCUT2D eigenvalue weighted by atomic mass is 10.2. The van der Waals surface area contributed by atoms with E-state index in [0.717, 1.165) is 5.69 Å². The number of nitrogens with zero attached hydrogens (tertiary/aromatic N) is 2. The van der Waals surface area contributed by atoms with Gasteiger partial charge in [0.1, 0.15) is 0 Å². The smallest absolute Gasteiger partial charge is 0.271 e.